The normalized spacial score (nSPS) is 19.6. The van der Waals surface area contributed by atoms with Gasteiger partial charge in [-0.15, -0.1) is 0 Å². The van der Waals surface area contributed by atoms with Crippen LogP contribution in [0.5, 0.6) is 5.75 Å². The number of rotatable bonds is 4. The molecule has 0 spiro atoms. The van der Waals surface area contributed by atoms with E-state index in [2.05, 4.69) is 0 Å². The molecule has 2 rings (SSSR count). The Kier molecular flexibility index (Phi) is 4.22. The fraction of sp³-hybridized carbons (Fsp3) is 0.500. The molecule has 0 aromatic heterocycles. The van der Waals surface area contributed by atoms with Crippen LogP contribution in [0.3, 0.4) is 0 Å². The molecule has 0 aliphatic heterocycles. The van der Waals surface area contributed by atoms with Crippen molar-refractivity contribution in [3.05, 3.63) is 34.4 Å². The molecule has 7 heteroatoms. The Hall–Kier alpha value is -1.39. The Morgan fingerprint density at radius 3 is 2.26 bits per heavy atom. The van der Waals surface area contributed by atoms with Crippen molar-refractivity contribution in [2.24, 2.45) is 0 Å². The van der Waals surface area contributed by atoms with Crippen LogP contribution >= 0.6 is 7.60 Å². The number of hydrogen-bond donors (Lipinski definition) is 0. The third-order valence-electron chi connectivity index (χ3n) is 3.30. The number of nitro benzene ring substituents is 1. The van der Waals surface area contributed by atoms with E-state index in [0.717, 1.165) is 19.3 Å². The molecule has 19 heavy (non-hydrogen) atoms. The molecule has 1 aromatic carbocycles. The topological polar surface area (TPSA) is 92.5 Å². The Morgan fingerprint density at radius 1 is 1.16 bits per heavy atom. The SMILES string of the molecule is O=[N+]([O-])c1ccc(OP(=O)([O-])C2CCCCC2)cc1. The van der Waals surface area contributed by atoms with Gasteiger partial charge in [0.05, 0.1) is 4.92 Å². The van der Waals surface area contributed by atoms with Gasteiger partial charge in [-0.3, -0.25) is 14.7 Å². The first-order valence-electron chi connectivity index (χ1n) is 6.24. The average Bonchev–Trinajstić information content (AvgIpc) is 2.40. The highest BCUT2D eigenvalue weighted by Crippen LogP contribution is 2.49. The minimum Gasteiger partial charge on any atom is -0.769 e. The lowest BCUT2D eigenvalue weighted by Crippen LogP contribution is -2.23. The molecule has 0 bridgehead atoms. The Labute approximate surface area is 111 Å². The first-order valence-corrected chi connectivity index (χ1v) is 7.85. The maximum atomic E-state index is 12.0. The van der Waals surface area contributed by atoms with Crippen molar-refractivity contribution >= 4 is 13.3 Å². The molecular weight excluding hydrogens is 269 g/mol. The van der Waals surface area contributed by atoms with Gasteiger partial charge in [-0.05, 0) is 25.0 Å². The van der Waals surface area contributed by atoms with Gasteiger partial charge in [0, 0.05) is 17.8 Å². The zero-order valence-corrected chi connectivity index (χ0v) is 11.3. The summed E-state index contributed by atoms with van der Waals surface area (Å²) >= 11 is 0. The molecule has 0 N–H and O–H groups in total. The predicted octanol–water partition coefficient (Wildman–Crippen LogP) is 2.86. The van der Waals surface area contributed by atoms with Crippen molar-refractivity contribution in [2.75, 3.05) is 0 Å². The molecular formula is C12H15NO5P-. The van der Waals surface area contributed by atoms with E-state index in [1.807, 2.05) is 0 Å². The third kappa shape index (κ3) is 3.55. The van der Waals surface area contributed by atoms with Crippen LogP contribution in [-0.2, 0) is 4.57 Å². The highest BCUT2D eigenvalue weighted by molar-refractivity contribution is 7.52. The summed E-state index contributed by atoms with van der Waals surface area (Å²) in [5.74, 6) is 0.134. The van der Waals surface area contributed by atoms with Crippen LogP contribution in [0.15, 0.2) is 24.3 Å². The van der Waals surface area contributed by atoms with E-state index in [4.69, 9.17) is 4.52 Å². The second-order valence-electron chi connectivity index (χ2n) is 4.67. The summed E-state index contributed by atoms with van der Waals surface area (Å²) in [4.78, 5) is 22.0. The van der Waals surface area contributed by atoms with Gasteiger partial charge in [0.2, 0.25) is 0 Å². The van der Waals surface area contributed by atoms with Crippen molar-refractivity contribution in [3.8, 4) is 5.75 Å². The van der Waals surface area contributed by atoms with Crippen LogP contribution in [0.4, 0.5) is 5.69 Å². The maximum absolute atomic E-state index is 12.0. The van der Waals surface area contributed by atoms with Gasteiger partial charge in [-0.25, -0.2) is 0 Å². The molecule has 0 saturated heterocycles. The van der Waals surface area contributed by atoms with Gasteiger partial charge in [0.1, 0.15) is 5.75 Å². The number of non-ortho nitro benzene ring substituents is 1. The molecule has 0 radical (unpaired) electrons. The van der Waals surface area contributed by atoms with Crippen LogP contribution in [-0.4, -0.2) is 10.6 Å². The fourth-order valence-electron chi connectivity index (χ4n) is 2.25. The zero-order chi connectivity index (χ0) is 13.9. The van der Waals surface area contributed by atoms with Crippen molar-refractivity contribution in [2.45, 2.75) is 37.8 Å². The lowest BCUT2D eigenvalue weighted by atomic mass is 10.0. The minimum absolute atomic E-state index is 0.0919. The smallest absolute Gasteiger partial charge is 0.269 e. The molecule has 0 heterocycles. The summed E-state index contributed by atoms with van der Waals surface area (Å²) in [5.41, 5.74) is -0.526. The quantitative estimate of drug-likeness (QED) is 0.481. The zero-order valence-electron chi connectivity index (χ0n) is 10.4. The van der Waals surface area contributed by atoms with Gasteiger partial charge in [-0.2, -0.15) is 0 Å². The van der Waals surface area contributed by atoms with Crippen LogP contribution in [0.2, 0.25) is 0 Å². The van der Waals surface area contributed by atoms with Gasteiger partial charge in [-0.1, -0.05) is 19.3 Å². The number of nitro groups is 1. The molecule has 1 aromatic rings. The maximum Gasteiger partial charge on any atom is 0.269 e. The van der Waals surface area contributed by atoms with E-state index in [1.54, 1.807) is 0 Å². The van der Waals surface area contributed by atoms with Gasteiger partial charge in [0.15, 0.2) is 7.60 Å². The third-order valence-corrected chi connectivity index (χ3v) is 5.18. The number of hydrogen-bond acceptors (Lipinski definition) is 5. The molecule has 1 saturated carbocycles. The summed E-state index contributed by atoms with van der Waals surface area (Å²) in [6.07, 6.45) is 4.14. The summed E-state index contributed by atoms with van der Waals surface area (Å²) in [7, 11) is -3.95. The van der Waals surface area contributed by atoms with E-state index in [9.17, 15) is 19.6 Å². The summed E-state index contributed by atoms with van der Waals surface area (Å²) in [6.45, 7) is 0. The van der Waals surface area contributed by atoms with Crippen molar-refractivity contribution in [3.63, 3.8) is 0 Å². The van der Waals surface area contributed by atoms with Crippen LogP contribution in [0, 0.1) is 10.1 Å². The standard InChI is InChI=1S/C12H16NO5P/c14-13(15)10-6-8-11(9-7-10)18-19(16,17)12-4-2-1-3-5-12/h6-9,12H,1-5H2,(H,16,17)/p-1. The second kappa shape index (κ2) is 5.72. The largest absolute Gasteiger partial charge is 0.769 e. The Morgan fingerprint density at radius 2 is 1.74 bits per heavy atom. The first kappa shape index (κ1) is 14.0. The number of benzene rings is 1. The van der Waals surface area contributed by atoms with Crippen molar-refractivity contribution in [1.29, 1.82) is 0 Å². The van der Waals surface area contributed by atoms with Crippen LogP contribution < -0.4 is 9.42 Å². The molecule has 6 nitrogen and oxygen atoms in total. The lowest BCUT2D eigenvalue weighted by molar-refractivity contribution is -0.384. The average molecular weight is 284 g/mol. The summed E-state index contributed by atoms with van der Waals surface area (Å²) < 4.78 is 17.1. The van der Waals surface area contributed by atoms with Crippen molar-refractivity contribution in [1.82, 2.24) is 0 Å². The predicted molar refractivity (Wildman–Crippen MR) is 68.2 cm³/mol. The van der Waals surface area contributed by atoms with Crippen LogP contribution in [0.1, 0.15) is 32.1 Å². The van der Waals surface area contributed by atoms with Gasteiger partial charge >= 0.3 is 0 Å². The molecule has 1 atom stereocenters. The van der Waals surface area contributed by atoms with Gasteiger partial charge < -0.3 is 9.42 Å². The monoisotopic (exact) mass is 284 g/mol. The van der Waals surface area contributed by atoms with Crippen molar-refractivity contribution < 1.29 is 18.9 Å². The van der Waals surface area contributed by atoms with E-state index >= 15 is 0 Å². The lowest BCUT2D eigenvalue weighted by Gasteiger charge is -2.34. The van der Waals surface area contributed by atoms with E-state index < -0.39 is 18.2 Å². The van der Waals surface area contributed by atoms with E-state index in [1.165, 1.54) is 24.3 Å². The summed E-state index contributed by atoms with van der Waals surface area (Å²) in [5, 5.41) is 10.5. The van der Waals surface area contributed by atoms with E-state index in [0.29, 0.717) is 12.8 Å². The highest BCUT2D eigenvalue weighted by atomic mass is 31.2. The Balaban J connectivity index is 2.06. The molecule has 0 amide bonds. The minimum atomic E-state index is -3.95. The molecule has 1 unspecified atom stereocenters. The first-order chi connectivity index (χ1) is 8.99. The fourth-order valence-corrected chi connectivity index (χ4v) is 3.81. The van der Waals surface area contributed by atoms with Gasteiger partial charge in [0.25, 0.3) is 5.69 Å². The second-order valence-corrected chi connectivity index (χ2v) is 6.67. The highest BCUT2D eigenvalue weighted by Gasteiger charge is 2.26. The molecule has 104 valence electrons. The van der Waals surface area contributed by atoms with Crippen LogP contribution in [0.25, 0.3) is 0 Å². The Bertz CT molecular complexity index is 495. The number of nitrogens with zero attached hydrogens (tertiary/aromatic N) is 1. The molecule has 1 aliphatic carbocycles. The molecule has 1 fully saturated rings. The van der Waals surface area contributed by atoms with E-state index in [-0.39, 0.29) is 11.4 Å². The molecule has 1 aliphatic rings. The summed E-state index contributed by atoms with van der Waals surface area (Å²) in [6, 6.07) is 5.09.